The second kappa shape index (κ2) is 14.9. The molecule has 0 radical (unpaired) electrons. The summed E-state index contributed by atoms with van der Waals surface area (Å²) in [6.07, 6.45) is -1.84. The number of benzene rings is 8. The van der Waals surface area contributed by atoms with Crippen molar-refractivity contribution in [1.82, 2.24) is 0 Å². The van der Waals surface area contributed by atoms with Crippen molar-refractivity contribution >= 4 is 0 Å². The highest BCUT2D eigenvalue weighted by molar-refractivity contribution is 5.71. The summed E-state index contributed by atoms with van der Waals surface area (Å²) in [5.74, 6) is -7.59. The van der Waals surface area contributed by atoms with Crippen molar-refractivity contribution in [2.45, 2.75) is 47.4 Å². The minimum atomic E-state index is -2.47. The van der Waals surface area contributed by atoms with E-state index in [0.29, 0.717) is 50.1 Å². The molecule has 0 saturated heterocycles. The highest BCUT2D eigenvalue weighted by atomic mass is 16.5. The lowest BCUT2D eigenvalue weighted by Crippen LogP contribution is -2.43. The first kappa shape index (κ1) is 41.7. The molecule has 0 amide bonds. The Hall–Kier alpha value is -8.68. The van der Waals surface area contributed by atoms with Crippen LogP contribution in [0.4, 0.5) is 0 Å². The topological polar surface area (TPSA) is 241 Å². The third kappa shape index (κ3) is 6.20. The van der Waals surface area contributed by atoms with Crippen LogP contribution >= 0.6 is 0 Å². The number of rotatable bonds is 5. The molecule has 2 aliphatic carbocycles. The molecule has 2 aliphatic heterocycles. The van der Waals surface area contributed by atoms with Gasteiger partial charge in [-0.1, -0.05) is 48.5 Å². The first-order valence-electron chi connectivity index (χ1n) is 22.2. The first-order valence-corrected chi connectivity index (χ1v) is 22.2. The zero-order chi connectivity index (χ0) is 47.8. The SMILES string of the molecule is Oc1ccc([C@@H]2c3c(O)cc(O)cc3[C@@H]3c4c(cc(O)cc4[C@H]2[C@@]2(O)c4cc(O)cc5c4[C@@H](c4cc(O)cc(O)c4[C@@H]2c2ccc(O)cc2)[C@H](c2ccc(O)cc2)O5)O[C@H]3c2ccc(O)cc2)cc1. The zero-order valence-corrected chi connectivity index (χ0v) is 36.1. The Balaban J connectivity index is 1.27. The fraction of sp³-hybridized carbons (Fsp3) is 0.143. The number of aromatic hydroxyl groups is 10. The molecule has 12 rings (SSSR count). The van der Waals surface area contributed by atoms with E-state index in [1.54, 1.807) is 48.5 Å². The van der Waals surface area contributed by atoms with E-state index in [2.05, 4.69) is 0 Å². The smallest absolute Gasteiger partial charge is 0.135 e. The van der Waals surface area contributed by atoms with Crippen LogP contribution in [-0.4, -0.2) is 56.2 Å². The van der Waals surface area contributed by atoms with Crippen molar-refractivity contribution in [3.63, 3.8) is 0 Å². The minimum Gasteiger partial charge on any atom is -0.508 e. The largest absolute Gasteiger partial charge is 0.508 e. The van der Waals surface area contributed by atoms with Crippen LogP contribution in [0.3, 0.4) is 0 Å². The molecule has 344 valence electrons. The molecule has 8 aromatic carbocycles. The van der Waals surface area contributed by atoms with Gasteiger partial charge in [0.1, 0.15) is 86.8 Å². The number of phenolic OH excluding ortho intramolecular Hbond substituents is 10. The van der Waals surface area contributed by atoms with Gasteiger partial charge in [0.25, 0.3) is 0 Å². The van der Waals surface area contributed by atoms with Crippen molar-refractivity contribution in [3.8, 4) is 69.0 Å². The molecule has 0 saturated carbocycles. The summed E-state index contributed by atoms with van der Waals surface area (Å²) >= 11 is 0. The summed E-state index contributed by atoms with van der Waals surface area (Å²) in [4.78, 5) is 0. The maximum absolute atomic E-state index is 15.3. The summed E-state index contributed by atoms with van der Waals surface area (Å²) in [5, 5.41) is 129. The Morgan fingerprint density at radius 3 is 1.25 bits per heavy atom. The molecule has 8 atom stereocenters. The van der Waals surface area contributed by atoms with Gasteiger partial charge in [-0.2, -0.15) is 0 Å². The van der Waals surface area contributed by atoms with E-state index in [4.69, 9.17) is 9.47 Å². The average molecular weight is 923 g/mol. The van der Waals surface area contributed by atoms with Crippen LogP contribution in [0, 0.1) is 0 Å². The van der Waals surface area contributed by atoms with E-state index in [-0.39, 0.29) is 79.9 Å². The van der Waals surface area contributed by atoms with Crippen LogP contribution < -0.4 is 9.47 Å². The molecule has 8 aromatic rings. The van der Waals surface area contributed by atoms with Gasteiger partial charge in [-0.05, 0) is 117 Å². The van der Waals surface area contributed by atoms with Gasteiger partial charge in [-0.3, -0.25) is 0 Å². The van der Waals surface area contributed by atoms with Gasteiger partial charge >= 0.3 is 0 Å². The maximum atomic E-state index is 15.3. The van der Waals surface area contributed by atoms with Crippen LogP contribution in [0.25, 0.3) is 0 Å². The number of ether oxygens (including phenoxy) is 2. The highest BCUT2D eigenvalue weighted by Gasteiger charge is 2.61. The van der Waals surface area contributed by atoms with Gasteiger partial charge in [0, 0.05) is 64.3 Å². The molecular weight excluding hydrogens is 881 g/mol. The lowest BCUT2D eigenvalue weighted by molar-refractivity contribution is -0.0157. The lowest BCUT2D eigenvalue weighted by atomic mass is 9.59. The zero-order valence-electron chi connectivity index (χ0n) is 36.1. The van der Waals surface area contributed by atoms with E-state index in [1.165, 1.54) is 97.1 Å². The van der Waals surface area contributed by atoms with Crippen molar-refractivity contribution < 1.29 is 65.6 Å². The monoisotopic (exact) mass is 922 g/mol. The third-order valence-corrected chi connectivity index (χ3v) is 14.6. The van der Waals surface area contributed by atoms with E-state index >= 15 is 5.11 Å². The Kier molecular flexibility index (Phi) is 9.02. The number of fused-ring (bicyclic) bond motifs is 4. The van der Waals surface area contributed by atoms with E-state index in [1.807, 2.05) is 0 Å². The van der Waals surface area contributed by atoms with E-state index in [9.17, 15) is 51.1 Å². The Labute approximate surface area is 393 Å². The van der Waals surface area contributed by atoms with Crippen molar-refractivity contribution in [2.75, 3.05) is 0 Å². The molecule has 0 spiro atoms. The van der Waals surface area contributed by atoms with Crippen LogP contribution in [-0.2, 0) is 5.60 Å². The molecule has 0 bridgehead atoms. The molecule has 2 heterocycles. The van der Waals surface area contributed by atoms with Crippen LogP contribution in [0.5, 0.6) is 69.0 Å². The second-order valence-electron chi connectivity index (χ2n) is 18.4. The van der Waals surface area contributed by atoms with Crippen LogP contribution in [0.15, 0.2) is 146 Å². The fourth-order valence-corrected chi connectivity index (χ4v) is 12.0. The summed E-state index contributed by atoms with van der Waals surface area (Å²) in [7, 11) is 0. The van der Waals surface area contributed by atoms with Gasteiger partial charge in [-0.25, -0.2) is 0 Å². The van der Waals surface area contributed by atoms with Gasteiger partial charge in [-0.15, -0.1) is 0 Å². The highest BCUT2D eigenvalue weighted by Crippen LogP contribution is 2.70. The quantitative estimate of drug-likeness (QED) is 0.0772. The Morgan fingerprint density at radius 1 is 0.333 bits per heavy atom. The van der Waals surface area contributed by atoms with Crippen LogP contribution in [0.1, 0.15) is 109 Å². The molecule has 69 heavy (non-hydrogen) atoms. The third-order valence-electron chi connectivity index (χ3n) is 14.6. The molecule has 0 fully saturated rings. The number of aliphatic hydroxyl groups is 1. The first-order chi connectivity index (χ1) is 33.2. The van der Waals surface area contributed by atoms with E-state index in [0.717, 1.165) is 0 Å². The second-order valence-corrected chi connectivity index (χ2v) is 18.4. The van der Waals surface area contributed by atoms with Gasteiger partial charge in [0.2, 0.25) is 0 Å². The molecule has 4 aliphatic rings. The van der Waals surface area contributed by atoms with Crippen molar-refractivity contribution in [2.24, 2.45) is 0 Å². The predicted molar refractivity (Wildman–Crippen MR) is 249 cm³/mol. The molecule has 0 unspecified atom stereocenters. The molecule has 0 aromatic heterocycles. The molecule has 11 N–H and O–H groups in total. The number of phenols is 10. The molecule has 13 nitrogen and oxygen atoms in total. The van der Waals surface area contributed by atoms with Crippen LogP contribution in [0.2, 0.25) is 0 Å². The summed E-state index contributed by atoms with van der Waals surface area (Å²) in [6, 6.07) is 36.2. The molecular formula is C56H42O13. The number of hydrogen-bond acceptors (Lipinski definition) is 13. The standard InChI is InChI=1S/C56H42O13/c57-29-9-1-25(2-10-29)45-46-37(17-33(61)21-41(46)65)49-48-39(19-35(63)23-43(48)68-54(49)27-5-13-31(59)14-6-27)53(45)56(67)40-20-36(64)24-44-51(40)50(55(69-44)28-7-15-32(60)16-8-28)38-18-34(62)22-42(66)47(38)52(56)26-3-11-30(58)12-4-26/h1-24,45,49-50,52-55,57-67H/t45-,49-,50-,52+,53-,54+,55+,56-/m1/s1. The van der Waals surface area contributed by atoms with Crippen molar-refractivity contribution in [3.05, 3.63) is 212 Å². The normalized spacial score (nSPS) is 23.6. The molecule has 13 heteroatoms. The van der Waals surface area contributed by atoms with Gasteiger partial charge in [0.05, 0.1) is 11.8 Å². The summed E-state index contributed by atoms with van der Waals surface area (Å²) in [6.45, 7) is 0. The lowest BCUT2D eigenvalue weighted by Gasteiger charge is -2.47. The van der Waals surface area contributed by atoms with Crippen molar-refractivity contribution in [1.29, 1.82) is 0 Å². The Morgan fingerprint density at radius 2 is 0.725 bits per heavy atom. The minimum absolute atomic E-state index is 0.00194. The summed E-state index contributed by atoms with van der Waals surface area (Å²) in [5.41, 5.74) is 1.83. The fourth-order valence-electron chi connectivity index (χ4n) is 12.0. The predicted octanol–water partition coefficient (Wildman–Crippen LogP) is 9.54. The van der Waals surface area contributed by atoms with Gasteiger partial charge in [0.15, 0.2) is 0 Å². The van der Waals surface area contributed by atoms with E-state index < -0.39 is 53.1 Å². The maximum Gasteiger partial charge on any atom is 0.135 e. The average Bonchev–Trinajstić information content (AvgIpc) is 3.82. The number of hydrogen-bond donors (Lipinski definition) is 11. The summed E-state index contributed by atoms with van der Waals surface area (Å²) < 4.78 is 13.6. The van der Waals surface area contributed by atoms with Gasteiger partial charge < -0.3 is 65.6 Å². The Bertz CT molecular complexity index is 3390.